The van der Waals surface area contributed by atoms with E-state index in [1.165, 1.54) is 49.5 Å². The molecule has 20 heavy (non-hydrogen) atoms. The predicted octanol–water partition coefficient (Wildman–Crippen LogP) is 3.27. The Balaban J connectivity index is 1.56. The summed E-state index contributed by atoms with van der Waals surface area (Å²) in [7, 11) is 0. The van der Waals surface area contributed by atoms with Gasteiger partial charge in [-0.05, 0) is 43.7 Å². The molecule has 2 saturated heterocycles. The molecular formula is C17H21N3. The molecule has 0 aliphatic carbocycles. The Kier molecular flexibility index (Phi) is 3.07. The summed E-state index contributed by atoms with van der Waals surface area (Å²) in [6.45, 7) is 2.55. The van der Waals surface area contributed by atoms with Gasteiger partial charge in [-0.25, -0.2) is 4.98 Å². The lowest BCUT2D eigenvalue weighted by atomic mass is 9.97. The van der Waals surface area contributed by atoms with Gasteiger partial charge in [-0.15, -0.1) is 0 Å². The molecule has 2 unspecified atom stereocenters. The van der Waals surface area contributed by atoms with Gasteiger partial charge in [0.05, 0.1) is 0 Å². The molecule has 0 saturated carbocycles. The van der Waals surface area contributed by atoms with Gasteiger partial charge in [-0.3, -0.25) is 0 Å². The molecule has 3 nitrogen and oxygen atoms in total. The number of pyridine rings is 1. The predicted molar refractivity (Wildman–Crippen MR) is 83.0 cm³/mol. The fourth-order valence-electron chi connectivity index (χ4n) is 3.78. The van der Waals surface area contributed by atoms with Crippen LogP contribution in [-0.2, 0) is 0 Å². The van der Waals surface area contributed by atoms with Crippen LogP contribution in [-0.4, -0.2) is 35.1 Å². The summed E-state index contributed by atoms with van der Waals surface area (Å²) in [6, 6.07) is 12.0. The minimum absolute atomic E-state index is 0.577. The molecule has 0 radical (unpaired) electrons. The Bertz CT molecular complexity index is 605. The van der Waals surface area contributed by atoms with Gasteiger partial charge in [0.15, 0.2) is 0 Å². The highest BCUT2D eigenvalue weighted by atomic mass is 15.2. The first-order chi connectivity index (χ1) is 9.90. The molecule has 0 spiro atoms. The Morgan fingerprint density at radius 1 is 1.10 bits per heavy atom. The van der Waals surface area contributed by atoms with Crippen LogP contribution >= 0.6 is 0 Å². The number of piperidine rings is 1. The van der Waals surface area contributed by atoms with Crippen LogP contribution in [0.4, 0.5) is 5.82 Å². The van der Waals surface area contributed by atoms with Crippen molar-refractivity contribution in [2.45, 2.75) is 37.8 Å². The van der Waals surface area contributed by atoms with E-state index in [0.29, 0.717) is 6.04 Å². The van der Waals surface area contributed by atoms with Gasteiger partial charge < -0.3 is 10.2 Å². The van der Waals surface area contributed by atoms with Gasteiger partial charge in [0.25, 0.3) is 0 Å². The summed E-state index contributed by atoms with van der Waals surface area (Å²) < 4.78 is 0. The van der Waals surface area contributed by atoms with E-state index < -0.39 is 0 Å². The Labute approximate surface area is 120 Å². The number of benzene rings is 1. The Morgan fingerprint density at radius 3 is 3.05 bits per heavy atom. The highest BCUT2D eigenvalue weighted by Gasteiger charge is 2.31. The molecule has 4 rings (SSSR count). The minimum Gasteiger partial charge on any atom is -0.367 e. The first-order valence-corrected chi connectivity index (χ1v) is 7.74. The van der Waals surface area contributed by atoms with E-state index >= 15 is 0 Å². The van der Waals surface area contributed by atoms with E-state index in [4.69, 9.17) is 0 Å². The SMILES string of the molecule is c1ccc2c(NC3CCN4CCCC4C3)nccc2c1. The third kappa shape index (κ3) is 2.16. The van der Waals surface area contributed by atoms with Crippen LogP contribution in [0.1, 0.15) is 25.7 Å². The average molecular weight is 267 g/mol. The highest BCUT2D eigenvalue weighted by Crippen LogP contribution is 2.29. The van der Waals surface area contributed by atoms with Crippen molar-refractivity contribution in [3.8, 4) is 0 Å². The van der Waals surface area contributed by atoms with Crippen molar-refractivity contribution in [3.05, 3.63) is 36.5 Å². The number of nitrogens with one attached hydrogen (secondary N) is 1. The number of aromatic nitrogens is 1. The van der Waals surface area contributed by atoms with E-state index in [0.717, 1.165) is 11.9 Å². The van der Waals surface area contributed by atoms with E-state index in [9.17, 15) is 0 Å². The van der Waals surface area contributed by atoms with Crippen molar-refractivity contribution in [2.24, 2.45) is 0 Å². The summed E-state index contributed by atoms with van der Waals surface area (Å²) >= 11 is 0. The molecule has 2 fully saturated rings. The zero-order chi connectivity index (χ0) is 13.4. The van der Waals surface area contributed by atoms with Crippen LogP contribution in [0.2, 0.25) is 0 Å². The molecule has 1 N–H and O–H groups in total. The summed E-state index contributed by atoms with van der Waals surface area (Å²) in [5.74, 6) is 1.06. The minimum atomic E-state index is 0.577. The van der Waals surface area contributed by atoms with E-state index in [1.54, 1.807) is 0 Å². The maximum atomic E-state index is 4.56. The van der Waals surface area contributed by atoms with Crippen molar-refractivity contribution < 1.29 is 0 Å². The lowest BCUT2D eigenvalue weighted by Gasteiger charge is -2.35. The number of anilines is 1. The van der Waals surface area contributed by atoms with Crippen molar-refractivity contribution >= 4 is 16.6 Å². The topological polar surface area (TPSA) is 28.2 Å². The van der Waals surface area contributed by atoms with Crippen LogP contribution in [0.25, 0.3) is 10.8 Å². The van der Waals surface area contributed by atoms with Crippen LogP contribution in [0.3, 0.4) is 0 Å². The lowest BCUT2D eigenvalue weighted by Crippen LogP contribution is -2.42. The number of hydrogen-bond acceptors (Lipinski definition) is 3. The molecule has 0 bridgehead atoms. The number of nitrogens with zero attached hydrogens (tertiary/aromatic N) is 2. The summed E-state index contributed by atoms with van der Waals surface area (Å²) in [4.78, 5) is 7.22. The van der Waals surface area contributed by atoms with E-state index in [-0.39, 0.29) is 0 Å². The van der Waals surface area contributed by atoms with Crippen molar-refractivity contribution in [2.75, 3.05) is 18.4 Å². The summed E-state index contributed by atoms with van der Waals surface area (Å²) in [6.07, 6.45) is 7.17. The van der Waals surface area contributed by atoms with Gasteiger partial charge in [0.2, 0.25) is 0 Å². The molecule has 2 aliphatic rings. The normalized spacial score (nSPS) is 26.6. The van der Waals surface area contributed by atoms with Gasteiger partial charge >= 0.3 is 0 Å². The second-order valence-corrected chi connectivity index (χ2v) is 6.08. The number of fused-ring (bicyclic) bond motifs is 2. The Hall–Kier alpha value is -1.61. The van der Waals surface area contributed by atoms with Gasteiger partial charge in [-0.2, -0.15) is 0 Å². The monoisotopic (exact) mass is 267 g/mol. The van der Waals surface area contributed by atoms with Crippen LogP contribution in [0.5, 0.6) is 0 Å². The van der Waals surface area contributed by atoms with Crippen LogP contribution in [0, 0.1) is 0 Å². The molecule has 2 atom stereocenters. The molecule has 3 heteroatoms. The summed E-state index contributed by atoms with van der Waals surface area (Å²) in [5.41, 5.74) is 0. The lowest BCUT2D eigenvalue weighted by molar-refractivity contribution is 0.188. The van der Waals surface area contributed by atoms with E-state index in [2.05, 4.69) is 45.5 Å². The fraction of sp³-hybridized carbons (Fsp3) is 0.471. The first-order valence-electron chi connectivity index (χ1n) is 7.74. The van der Waals surface area contributed by atoms with Crippen LogP contribution in [0.15, 0.2) is 36.5 Å². The highest BCUT2D eigenvalue weighted by molar-refractivity contribution is 5.91. The number of rotatable bonds is 2. The zero-order valence-corrected chi connectivity index (χ0v) is 11.8. The van der Waals surface area contributed by atoms with Gasteiger partial charge in [-0.1, -0.05) is 24.3 Å². The first kappa shape index (κ1) is 12.2. The molecule has 104 valence electrons. The third-order valence-electron chi connectivity index (χ3n) is 4.83. The van der Waals surface area contributed by atoms with Crippen molar-refractivity contribution in [1.29, 1.82) is 0 Å². The molecular weight excluding hydrogens is 246 g/mol. The standard InChI is InChI=1S/C17H21N3/c1-2-6-16-13(4-1)7-9-18-17(16)19-14-8-11-20-10-3-5-15(20)12-14/h1-2,4,6-7,9,14-15H,3,5,8,10-12H2,(H,18,19). The van der Waals surface area contributed by atoms with E-state index in [1.807, 2.05) is 6.20 Å². The summed E-state index contributed by atoms with van der Waals surface area (Å²) in [5, 5.41) is 6.21. The molecule has 1 aromatic heterocycles. The average Bonchev–Trinajstić information content (AvgIpc) is 2.95. The maximum absolute atomic E-state index is 4.56. The van der Waals surface area contributed by atoms with Crippen LogP contribution < -0.4 is 5.32 Å². The van der Waals surface area contributed by atoms with Crippen molar-refractivity contribution in [1.82, 2.24) is 9.88 Å². The maximum Gasteiger partial charge on any atom is 0.134 e. The number of hydrogen-bond donors (Lipinski definition) is 1. The largest absolute Gasteiger partial charge is 0.367 e. The molecule has 2 aromatic rings. The molecule has 2 aliphatic heterocycles. The Morgan fingerprint density at radius 2 is 2.05 bits per heavy atom. The van der Waals surface area contributed by atoms with Crippen molar-refractivity contribution in [3.63, 3.8) is 0 Å². The van der Waals surface area contributed by atoms with Gasteiger partial charge in [0, 0.05) is 30.2 Å². The molecule has 0 amide bonds. The zero-order valence-electron chi connectivity index (χ0n) is 11.8. The quantitative estimate of drug-likeness (QED) is 0.905. The second-order valence-electron chi connectivity index (χ2n) is 6.08. The molecule has 1 aromatic carbocycles. The smallest absolute Gasteiger partial charge is 0.134 e. The molecule has 3 heterocycles. The van der Waals surface area contributed by atoms with Gasteiger partial charge in [0.1, 0.15) is 5.82 Å². The second kappa shape index (κ2) is 5.06. The third-order valence-corrected chi connectivity index (χ3v) is 4.83. The fourth-order valence-corrected chi connectivity index (χ4v) is 3.78.